The van der Waals surface area contributed by atoms with Crippen LogP contribution in [-0.4, -0.2) is 0 Å². The van der Waals surface area contributed by atoms with Crippen LogP contribution in [-0.2, 0) is 6.42 Å². The number of rotatable bonds is 4. The number of benzene rings is 2. The first-order valence-electron chi connectivity index (χ1n) is 6.96. The summed E-state index contributed by atoms with van der Waals surface area (Å²) in [6, 6.07) is 15.5. The molecule has 0 aliphatic heterocycles. The third kappa shape index (κ3) is 1.96. The maximum atomic E-state index is 2.31. The Morgan fingerprint density at radius 3 is 2.56 bits per heavy atom. The average Bonchev–Trinajstić information content (AvgIpc) is 2.78. The lowest BCUT2D eigenvalue weighted by Gasteiger charge is -2.09. The van der Waals surface area contributed by atoms with E-state index in [2.05, 4.69) is 55.8 Å². The lowest BCUT2D eigenvalue weighted by Crippen LogP contribution is -1.91. The van der Waals surface area contributed by atoms with Gasteiger partial charge < -0.3 is 0 Å². The van der Waals surface area contributed by atoms with Gasteiger partial charge in [0.25, 0.3) is 0 Å². The molecule has 3 rings (SSSR count). The molecule has 0 saturated heterocycles. The molecule has 0 aromatic heterocycles. The zero-order valence-electron chi connectivity index (χ0n) is 10.9. The van der Waals surface area contributed by atoms with Gasteiger partial charge in [0, 0.05) is 6.42 Å². The van der Waals surface area contributed by atoms with Crippen LogP contribution >= 0.6 is 0 Å². The van der Waals surface area contributed by atoms with Gasteiger partial charge in [-0.1, -0.05) is 62.2 Å². The van der Waals surface area contributed by atoms with Crippen molar-refractivity contribution in [1.29, 1.82) is 0 Å². The molecule has 0 N–H and O–H groups in total. The molecule has 2 aromatic rings. The molecule has 0 heterocycles. The van der Waals surface area contributed by atoms with E-state index in [1.807, 2.05) is 0 Å². The van der Waals surface area contributed by atoms with Gasteiger partial charge in [-0.3, -0.25) is 0 Å². The lowest BCUT2D eigenvalue weighted by molar-refractivity contribution is 0.718. The SMILES string of the molecule is CCCCCc1cccc2c1-c1ccccc1[CH]2. The smallest absolute Gasteiger partial charge is 0.0212 e. The fourth-order valence-corrected chi connectivity index (χ4v) is 2.86. The van der Waals surface area contributed by atoms with Gasteiger partial charge in [0.15, 0.2) is 0 Å². The van der Waals surface area contributed by atoms with E-state index >= 15 is 0 Å². The Morgan fingerprint density at radius 1 is 0.833 bits per heavy atom. The number of hydrogen-bond acceptors (Lipinski definition) is 0. The molecular formula is C18H19. The summed E-state index contributed by atoms with van der Waals surface area (Å²) in [6.45, 7) is 2.26. The standard InChI is InChI=1S/C18H19/c1-2-3-4-8-14-10-7-11-16-13-15-9-5-6-12-17(15)18(14)16/h5-7,9-13H,2-4,8H2,1H3. The molecule has 2 aromatic carbocycles. The summed E-state index contributed by atoms with van der Waals surface area (Å²) in [5.74, 6) is 0. The summed E-state index contributed by atoms with van der Waals surface area (Å²) in [6.07, 6.45) is 7.44. The summed E-state index contributed by atoms with van der Waals surface area (Å²) in [4.78, 5) is 0. The van der Waals surface area contributed by atoms with Crippen molar-refractivity contribution in [3.05, 3.63) is 65.6 Å². The molecule has 91 valence electrons. The van der Waals surface area contributed by atoms with Crippen LogP contribution in [0.25, 0.3) is 11.1 Å². The van der Waals surface area contributed by atoms with Crippen LogP contribution < -0.4 is 0 Å². The summed E-state index contributed by atoms with van der Waals surface area (Å²) < 4.78 is 0. The number of fused-ring (bicyclic) bond motifs is 3. The third-order valence-electron chi connectivity index (χ3n) is 3.77. The van der Waals surface area contributed by atoms with Crippen LogP contribution in [0.3, 0.4) is 0 Å². The first kappa shape index (κ1) is 11.5. The van der Waals surface area contributed by atoms with Gasteiger partial charge in [-0.15, -0.1) is 0 Å². The van der Waals surface area contributed by atoms with E-state index < -0.39 is 0 Å². The molecule has 1 aliphatic carbocycles. The van der Waals surface area contributed by atoms with Gasteiger partial charge in [-0.2, -0.15) is 0 Å². The molecule has 0 saturated carbocycles. The van der Waals surface area contributed by atoms with Gasteiger partial charge >= 0.3 is 0 Å². The molecule has 0 atom stereocenters. The van der Waals surface area contributed by atoms with Crippen LogP contribution in [0.1, 0.15) is 42.9 Å². The fourth-order valence-electron chi connectivity index (χ4n) is 2.86. The third-order valence-corrected chi connectivity index (χ3v) is 3.77. The number of unbranched alkanes of at least 4 members (excludes halogenated alkanes) is 2. The van der Waals surface area contributed by atoms with Crippen molar-refractivity contribution in [1.82, 2.24) is 0 Å². The minimum atomic E-state index is 1.21. The highest BCUT2D eigenvalue weighted by molar-refractivity contribution is 5.83. The molecule has 18 heavy (non-hydrogen) atoms. The second-order valence-electron chi connectivity index (χ2n) is 5.07. The Labute approximate surface area is 110 Å². The summed E-state index contributed by atoms with van der Waals surface area (Å²) in [5, 5.41) is 0. The number of hydrogen-bond donors (Lipinski definition) is 0. The molecule has 0 fully saturated rings. The highest BCUT2D eigenvalue weighted by Crippen LogP contribution is 2.40. The summed E-state index contributed by atoms with van der Waals surface area (Å²) >= 11 is 0. The second-order valence-corrected chi connectivity index (χ2v) is 5.07. The molecule has 0 unspecified atom stereocenters. The van der Waals surface area contributed by atoms with Crippen LogP contribution in [0.2, 0.25) is 0 Å². The zero-order valence-corrected chi connectivity index (χ0v) is 10.9. The largest absolute Gasteiger partial charge is 0.0654 e. The molecule has 1 radical (unpaired) electrons. The van der Waals surface area contributed by atoms with Crippen molar-refractivity contribution in [3.8, 4) is 11.1 Å². The van der Waals surface area contributed by atoms with Crippen LogP contribution in [0.5, 0.6) is 0 Å². The minimum absolute atomic E-state index is 1.21. The molecule has 0 nitrogen and oxygen atoms in total. The van der Waals surface area contributed by atoms with Gasteiger partial charge in [0.1, 0.15) is 0 Å². The van der Waals surface area contributed by atoms with E-state index in [1.54, 1.807) is 0 Å². The first-order valence-corrected chi connectivity index (χ1v) is 6.96. The van der Waals surface area contributed by atoms with Crippen molar-refractivity contribution in [2.45, 2.75) is 32.6 Å². The first-order chi connectivity index (χ1) is 8.90. The Kier molecular flexibility index (Phi) is 3.19. The van der Waals surface area contributed by atoms with Gasteiger partial charge in [-0.25, -0.2) is 0 Å². The van der Waals surface area contributed by atoms with Crippen LogP contribution in [0.4, 0.5) is 0 Å². The van der Waals surface area contributed by atoms with Crippen molar-refractivity contribution in [3.63, 3.8) is 0 Å². The monoisotopic (exact) mass is 235 g/mol. The van der Waals surface area contributed by atoms with Gasteiger partial charge in [-0.05, 0) is 40.7 Å². The highest BCUT2D eigenvalue weighted by atomic mass is 14.2. The van der Waals surface area contributed by atoms with Crippen molar-refractivity contribution in [2.24, 2.45) is 0 Å². The van der Waals surface area contributed by atoms with Gasteiger partial charge in [0.05, 0.1) is 0 Å². The topological polar surface area (TPSA) is 0 Å². The molecule has 0 amide bonds. The fraction of sp³-hybridized carbons (Fsp3) is 0.278. The van der Waals surface area contributed by atoms with Crippen LogP contribution in [0, 0.1) is 6.42 Å². The molecule has 0 heteroatoms. The quantitative estimate of drug-likeness (QED) is 0.558. The predicted molar refractivity (Wildman–Crippen MR) is 77.6 cm³/mol. The Hall–Kier alpha value is -1.56. The molecule has 1 aliphatic rings. The van der Waals surface area contributed by atoms with Crippen molar-refractivity contribution < 1.29 is 0 Å². The molecule has 0 spiro atoms. The van der Waals surface area contributed by atoms with E-state index in [-0.39, 0.29) is 0 Å². The summed E-state index contributed by atoms with van der Waals surface area (Å²) in [5.41, 5.74) is 7.17. The van der Waals surface area contributed by atoms with Crippen LogP contribution in [0.15, 0.2) is 42.5 Å². The highest BCUT2D eigenvalue weighted by Gasteiger charge is 2.20. The Morgan fingerprint density at radius 2 is 1.67 bits per heavy atom. The average molecular weight is 235 g/mol. The van der Waals surface area contributed by atoms with E-state index in [9.17, 15) is 0 Å². The molecular weight excluding hydrogens is 216 g/mol. The van der Waals surface area contributed by atoms with E-state index in [1.165, 1.54) is 53.5 Å². The van der Waals surface area contributed by atoms with Gasteiger partial charge in [0.2, 0.25) is 0 Å². The Balaban J connectivity index is 1.98. The zero-order chi connectivity index (χ0) is 12.4. The van der Waals surface area contributed by atoms with Crippen molar-refractivity contribution >= 4 is 0 Å². The van der Waals surface area contributed by atoms with E-state index in [4.69, 9.17) is 0 Å². The second kappa shape index (κ2) is 4.97. The number of aryl methyl sites for hydroxylation is 1. The normalized spacial score (nSPS) is 12.3. The maximum Gasteiger partial charge on any atom is 0.0212 e. The predicted octanol–water partition coefficient (Wildman–Crippen LogP) is 5.00. The minimum Gasteiger partial charge on any atom is -0.0654 e. The van der Waals surface area contributed by atoms with E-state index in [0.717, 1.165) is 0 Å². The maximum absolute atomic E-state index is 2.31. The lowest BCUT2D eigenvalue weighted by atomic mass is 9.96. The van der Waals surface area contributed by atoms with Crippen molar-refractivity contribution in [2.75, 3.05) is 0 Å². The Bertz CT molecular complexity index is 552. The summed E-state index contributed by atoms with van der Waals surface area (Å²) in [7, 11) is 0. The molecule has 0 bridgehead atoms. The van der Waals surface area contributed by atoms with E-state index in [0.29, 0.717) is 0 Å².